The largest absolute Gasteiger partial charge is 0.490 e. The first-order valence-corrected chi connectivity index (χ1v) is 12.8. The van der Waals surface area contributed by atoms with E-state index in [9.17, 15) is 9.59 Å². The van der Waals surface area contributed by atoms with Gasteiger partial charge in [0.25, 0.3) is 11.8 Å². The Morgan fingerprint density at radius 3 is 2.35 bits per heavy atom. The van der Waals surface area contributed by atoms with Crippen LogP contribution in [-0.4, -0.2) is 29.6 Å². The van der Waals surface area contributed by atoms with Crippen molar-refractivity contribution in [1.82, 2.24) is 5.01 Å². The van der Waals surface area contributed by atoms with Gasteiger partial charge in [-0.15, -0.1) is 0 Å². The first kappa shape index (κ1) is 21.8. The van der Waals surface area contributed by atoms with Crippen LogP contribution in [0.15, 0.2) is 59.7 Å². The molecule has 2 aromatic carbocycles. The molecule has 2 aromatic rings. The van der Waals surface area contributed by atoms with Crippen molar-refractivity contribution in [3.63, 3.8) is 0 Å². The molecule has 1 heterocycles. The van der Waals surface area contributed by atoms with Crippen LogP contribution < -0.4 is 9.47 Å². The summed E-state index contributed by atoms with van der Waals surface area (Å²) in [5, 5.41) is 5.45. The van der Waals surface area contributed by atoms with Crippen LogP contribution in [0.3, 0.4) is 0 Å². The quantitative estimate of drug-likeness (QED) is 0.208. The summed E-state index contributed by atoms with van der Waals surface area (Å²) in [7, 11) is 0. The minimum atomic E-state index is -0.241. The van der Waals surface area contributed by atoms with Crippen molar-refractivity contribution in [2.75, 3.05) is 6.61 Å². The lowest BCUT2D eigenvalue weighted by molar-refractivity contribution is -0.141. The lowest BCUT2D eigenvalue weighted by Crippen LogP contribution is -2.30. The molecule has 2 amide bonds. The molecule has 3 aliphatic carbocycles. The van der Waals surface area contributed by atoms with E-state index < -0.39 is 0 Å². The average Bonchev–Trinajstić information content (AvgIpc) is 3.43. The minimum Gasteiger partial charge on any atom is -0.490 e. The molecule has 2 bridgehead atoms. The third-order valence-electron chi connectivity index (χ3n) is 7.71. The zero-order valence-electron chi connectivity index (χ0n) is 18.8. The van der Waals surface area contributed by atoms with Crippen molar-refractivity contribution in [2.24, 2.45) is 34.2 Å². The fourth-order valence-corrected chi connectivity index (χ4v) is 6.88. The Hall–Kier alpha value is -2.68. The van der Waals surface area contributed by atoms with Crippen LogP contribution in [0.5, 0.6) is 11.5 Å². The van der Waals surface area contributed by atoms with Crippen molar-refractivity contribution < 1.29 is 19.1 Å². The molecule has 3 fully saturated rings. The molecular weight excluding hydrogens is 543 g/mol. The van der Waals surface area contributed by atoms with E-state index in [2.05, 4.69) is 39.8 Å². The van der Waals surface area contributed by atoms with Gasteiger partial charge in [-0.3, -0.25) is 9.59 Å². The van der Waals surface area contributed by atoms with E-state index >= 15 is 0 Å². The predicted octanol–water partition coefficient (Wildman–Crippen LogP) is 4.80. The molecule has 1 saturated heterocycles. The smallest absolute Gasteiger partial charge is 0.254 e. The summed E-state index contributed by atoms with van der Waals surface area (Å²) in [6, 6.07) is 13.7. The third-order valence-corrected chi connectivity index (χ3v) is 8.51. The average molecular weight is 568 g/mol. The third kappa shape index (κ3) is 3.31. The Morgan fingerprint density at radius 1 is 1.06 bits per heavy atom. The molecule has 6 rings (SSSR count). The Bertz CT molecular complexity index is 1190. The van der Waals surface area contributed by atoms with Gasteiger partial charge in [0, 0.05) is 0 Å². The van der Waals surface area contributed by atoms with Crippen LogP contribution in [-0.2, 0) is 16.2 Å². The molecular formula is C27H25IN2O4. The number of hydrogen-bond donors (Lipinski definition) is 0. The summed E-state index contributed by atoms with van der Waals surface area (Å²) in [6.45, 7) is 2.84. The SMILES string of the molecule is CCOc1cc(/C=N\N2C(=O)[C@@H]3[C@@H](C2=O)[C@H]2C=C[C@H]3C23CC3)cc(I)c1OCc1ccccc1. The number of amides is 2. The number of nitrogens with zero attached hydrogens (tertiary/aromatic N) is 2. The van der Waals surface area contributed by atoms with Crippen LogP contribution >= 0.6 is 22.6 Å². The first-order valence-electron chi connectivity index (χ1n) is 11.8. The molecule has 0 aromatic heterocycles. The number of halogens is 1. The molecule has 34 heavy (non-hydrogen) atoms. The van der Waals surface area contributed by atoms with Crippen molar-refractivity contribution in [3.8, 4) is 11.5 Å². The number of fused-ring (bicyclic) bond motifs is 3. The maximum Gasteiger partial charge on any atom is 0.254 e. The van der Waals surface area contributed by atoms with E-state index in [1.165, 1.54) is 0 Å². The molecule has 4 atom stereocenters. The highest BCUT2D eigenvalue weighted by Crippen LogP contribution is 2.73. The number of allylic oxidation sites excluding steroid dienone is 2. The summed E-state index contributed by atoms with van der Waals surface area (Å²) >= 11 is 2.21. The molecule has 6 nitrogen and oxygen atoms in total. The number of carbonyl (C=O) groups is 2. The zero-order valence-corrected chi connectivity index (χ0v) is 21.0. The molecule has 2 saturated carbocycles. The number of carbonyl (C=O) groups excluding carboxylic acids is 2. The Labute approximate surface area is 212 Å². The second-order valence-electron chi connectivity index (χ2n) is 9.49. The number of benzene rings is 2. The Kier molecular flexibility index (Phi) is 5.28. The van der Waals surface area contributed by atoms with Crippen LogP contribution in [0, 0.1) is 32.7 Å². The second kappa shape index (κ2) is 8.22. The molecule has 1 spiro atoms. The Balaban J connectivity index is 1.22. The van der Waals surface area contributed by atoms with Crippen LogP contribution in [0.1, 0.15) is 30.9 Å². The van der Waals surface area contributed by atoms with Gasteiger partial charge in [0.05, 0.1) is 28.2 Å². The molecule has 0 unspecified atom stereocenters. The fraction of sp³-hybridized carbons (Fsp3) is 0.370. The monoisotopic (exact) mass is 568 g/mol. The summed E-state index contributed by atoms with van der Waals surface area (Å²) in [4.78, 5) is 26.3. The fourth-order valence-electron chi connectivity index (χ4n) is 6.10. The minimum absolute atomic E-state index is 0.156. The normalized spacial score (nSPS) is 27.8. The molecule has 0 N–H and O–H groups in total. The molecule has 174 valence electrons. The lowest BCUT2D eigenvalue weighted by Gasteiger charge is -2.18. The van der Waals surface area contributed by atoms with Gasteiger partial charge in [0.15, 0.2) is 11.5 Å². The van der Waals surface area contributed by atoms with E-state index in [1.54, 1.807) is 6.21 Å². The van der Waals surface area contributed by atoms with Gasteiger partial charge in [-0.1, -0.05) is 42.5 Å². The number of hydrogen-bond acceptors (Lipinski definition) is 5. The van der Waals surface area contributed by atoms with Crippen molar-refractivity contribution >= 4 is 40.6 Å². The topological polar surface area (TPSA) is 68.2 Å². The first-order chi connectivity index (χ1) is 16.5. The van der Waals surface area contributed by atoms with Gasteiger partial charge in [-0.2, -0.15) is 10.1 Å². The summed E-state index contributed by atoms with van der Waals surface area (Å²) < 4.78 is 12.8. The van der Waals surface area contributed by atoms with E-state index in [-0.39, 0.29) is 40.9 Å². The van der Waals surface area contributed by atoms with E-state index in [4.69, 9.17) is 9.47 Å². The van der Waals surface area contributed by atoms with Gasteiger partial charge in [-0.25, -0.2) is 0 Å². The van der Waals surface area contributed by atoms with Gasteiger partial charge in [-0.05, 0) is 82.9 Å². The standard InChI is InChI=1S/C27H25IN2O4/c1-2-33-21-13-17(12-20(28)24(21)34-15-16-6-4-3-5-7-16)14-29-30-25(31)22-18-8-9-19(23(22)26(30)32)27(18)10-11-27/h3-9,12-14,18-19,22-23H,2,10-11,15H2,1H3/b29-14-/t18-,19-,22+,23+/m1/s1. The highest BCUT2D eigenvalue weighted by Gasteiger charge is 2.73. The number of ether oxygens (including phenoxy) is 2. The van der Waals surface area contributed by atoms with Crippen molar-refractivity contribution in [3.05, 3.63) is 69.3 Å². The molecule has 0 radical (unpaired) electrons. The highest BCUT2D eigenvalue weighted by atomic mass is 127. The maximum atomic E-state index is 13.1. The number of imide groups is 1. The van der Waals surface area contributed by atoms with Crippen LogP contribution in [0.2, 0.25) is 0 Å². The predicted molar refractivity (Wildman–Crippen MR) is 135 cm³/mol. The maximum absolute atomic E-state index is 13.1. The van der Waals surface area contributed by atoms with Gasteiger partial charge >= 0.3 is 0 Å². The zero-order chi connectivity index (χ0) is 23.4. The van der Waals surface area contributed by atoms with E-state index in [0.29, 0.717) is 24.7 Å². The number of hydrazone groups is 1. The van der Waals surface area contributed by atoms with Crippen molar-refractivity contribution in [2.45, 2.75) is 26.4 Å². The van der Waals surface area contributed by atoms with Gasteiger partial charge < -0.3 is 9.47 Å². The lowest BCUT2D eigenvalue weighted by atomic mass is 9.85. The molecule has 1 aliphatic heterocycles. The summed E-state index contributed by atoms with van der Waals surface area (Å²) in [5.74, 6) is 0.889. The van der Waals surface area contributed by atoms with Gasteiger partial charge in [0.1, 0.15) is 6.61 Å². The van der Waals surface area contributed by atoms with Crippen LogP contribution in [0.4, 0.5) is 0 Å². The van der Waals surface area contributed by atoms with Gasteiger partial charge in [0.2, 0.25) is 0 Å². The molecule has 7 heteroatoms. The highest BCUT2D eigenvalue weighted by molar-refractivity contribution is 14.1. The van der Waals surface area contributed by atoms with E-state index in [1.807, 2.05) is 49.4 Å². The second-order valence-corrected chi connectivity index (χ2v) is 10.7. The Morgan fingerprint density at radius 2 is 1.74 bits per heavy atom. The summed E-state index contributed by atoms with van der Waals surface area (Å²) in [6.07, 6.45) is 8.17. The van der Waals surface area contributed by atoms with E-state index in [0.717, 1.165) is 32.5 Å². The van der Waals surface area contributed by atoms with Crippen molar-refractivity contribution in [1.29, 1.82) is 0 Å². The summed E-state index contributed by atoms with van der Waals surface area (Å²) in [5.41, 5.74) is 2.01. The van der Waals surface area contributed by atoms with Crippen LogP contribution in [0.25, 0.3) is 0 Å². The number of rotatable bonds is 7. The molecule has 4 aliphatic rings.